The minimum Gasteiger partial charge on any atom is -0.733 e. The molecule has 4 aromatic rings. The lowest BCUT2D eigenvalue weighted by Gasteiger charge is -2.40. The normalized spacial score (nSPS) is 21.2. The van der Waals surface area contributed by atoms with Gasteiger partial charge in [-0.05, 0) is 60.4 Å². The molecule has 1 saturated heterocycles. The molecule has 2 aliphatic rings. The molecule has 1 fully saturated rings. The first-order chi connectivity index (χ1) is 17.3. The quantitative estimate of drug-likeness (QED) is 0.306. The Hall–Kier alpha value is -4.14. The minimum atomic E-state index is -1.22. The number of anilines is 2. The maximum absolute atomic E-state index is 14.0. The molecular weight excluding hydrogens is 456 g/mol. The third-order valence-corrected chi connectivity index (χ3v) is 7.65. The number of H-pyrrole nitrogens is 1. The second-order valence-electron chi connectivity index (χ2n) is 9.50. The van der Waals surface area contributed by atoms with Crippen molar-refractivity contribution in [2.75, 3.05) is 16.7 Å². The monoisotopic (exact) mass is 481 g/mol. The zero-order valence-electron chi connectivity index (χ0n) is 19.9. The highest BCUT2D eigenvalue weighted by Gasteiger charge is 2.60. The van der Waals surface area contributed by atoms with Crippen LogP contribution in [0.15, 0.2) is 72.8 Å². The number of nitrogens with one attached hydrogen (secondary N) is 1. The van der Waals surface area contributed by atoms with Crippen molar-refractivity contribution in [3.05, 3.63) is 100 Å². The molecule has 2 unspecified atom stereocenters. The van der Waals surface area contributed by atoms with Gasteiger partial charge in [-0.25, -0.2) is 9.69 Å². The Kier molecular flexibility index (Phi) is 4.93. The van der Waals surface area contributed by atoms with Crippen molar-refractivity contribution in [2.45, 2.75) is 31.7 Å². The highest BCUT2D eigenvalue weighted by Crippen LogP contribution is 2.50. The standard InChI is InChI=1S/C28H25N4O4/c1-3-17-8-10-18(11-9-17)22-16-30-27(34)31(19-12-14-20(15-13-19)32(35)36)26(33)28(30,2)25-24(22)21-6-4-5-7-23(21)29-25/h4-15,22,29,35H,3,16H2,1-2H3/q-1. The number of urea groups is 1. The fraction of sp³-hybridized carbons (Fsp3) is 0.214. The molecule has 2 atom stereocenters. The summed E-state index contributed by atoms with van der Waals surface area (Å²) in [4.78, 5) is 34.0. The molecule has 0 aliphatic carbocycles. The summed E-state index contributed by atoms with van der Waals surface area (Å²) >= 11 is 0. The number of amides is 3. The smallest absolute Gasteiger partial charge is 0.332 e. The van der Waals surface area contributed by atoms with Crippen molar-refractivity contribution in [3.63, 3.8) is 0 Å². The summed E-state index contributed by atoms with van der Waals surface area (Å²) in [7, 11) is 0. The number of hydrogen-bond acceptors (Lipinski definition) is 5. The van der Waals surface area contributed by atoms with Gasteiger partial charge < -0.3 is 20.3 Å². The molecular formula is C28H25N4O4-. The fourth-order valence-corrected chi connectivity index (χ4v) is 5.63. The van der Waals surface area contributed by atoms with Gasteiger partial charge in [0.15, 0.2) is 5.54 Å². The van der Waals surface area contributed by atoms with Crippen LogP contribution in [-0.2, 0) is 16.8 Å². The van der Waals surface area contributed by atoms with E-state index in [0.717, 1.165) is 39.0 Å². The largest absolute Gasteiger partial charge is 0.733 e. The minimum absolute atomic E-state index is 0.00951. The van der Waals surface area contributed by atoms with Gasteiger partial charge in [0, 0.05) is 23.4 Å². The zero-order valence-corrected chi connectivity index (χ0v) is 19.9. The van der Waals surface area contributed by atoms with Gasteiger partial charge in [0.1, 0.15) is 0 Å². The Balaban J connectivity index is 1.51. The van der Waals surface area contributed by atoms with Gasteiger partial charge in [-0.1, -0.05) is 49.4 Å². The number of benzene rings is 3. The summed E-state index contributed by atoms with van der Waals surface area (Å²) in [6, 6.07) is 21.7. The Labute approximate surface area is 207 Å². The molecule has 6 rings (SSSR count). The van der Waals surface area contributed by atoms with Gasteiger partial charge in [-0.15, -0.1) is 0 Å². The average molecular weight is 482 g/mol. The average Bonchev–Trinajstić information content (AvgIpc) is 3.38. The van der Waals surface area contributed by atoms with E-state index in [-0.39, 0.29) is 22.7 Å². The number of hydrogen-bond donors (Lipinski definition) is 2. The molecule has 182 valence electrons. The second kappa shape index (κ2) is 7.94. The van der Waals surface area contributed by atoms with E-state index in [1.54, 1.807) is 11.8 Å². The number of aromatic amines is 1. The van der Waals surface area contributed by atoms with Crippen molar-refractivity contribution in [2.24, 2.45) is 0 Å². The van der Waals surface area contributed by atoms with Crippen LogP contribution in [0.5, 0.6) is 0 Å². The van der Waals surface area contributed by atoms with E-state index >= 15 is 0 Å². The third kappa shape index (κ3) is 3.01. The second-order valence-corrected chi connectivity index (χ2v) is 9.50. The molecule has 3 aromatic carbocycles. The molecule has 1 aromatic heterocycles. The topological polar surface area (TPSA) is 103 Å². The molecule has 0 radical (unpaired) electrons. The highest BCUT2D eigenvalue weighted by atomic mass is 16.8. The predicted molar refractivity (Wildman–Crippen MR) is 137 cm³/mol. The molecule has 8 heteroatoms. The Bertz CT molecular complexity index is 1490. The lowest BCUT2D eigenvalue weighted by molar-refractivity contribution is -0.125. The highest BCUT2D eigenvalue weighted by molar-refractivity contribution is 6.23. The van der Waals surface area contributed by atoms with Gasteiger partial charge in [-0.3, -0.25) is 10.0 Å². The van der Waals surface area contributed by atoms with Crippen LogP contribution in [0.25, 0.3) is 10.9 Å². The Morgan fingerprint density at radius 3 is 2.42 bits per heavy atom. The number of carbonyl (C=O) groups excluding carboxylic acids is 2. The molecule has 3 heterocycles. The van der Waals surface area contributed by atoms with E-state index in [2.05, 4.69) is 42.2 Å². The summed E-state index contributed by atoms with van der Waals surface area (Å²) in [5.41, 5.74) is 4.13. The zero-order chi connectivity index (χ0) is 25.2. The number of fused-ring (bicyclic) bond motifs is 5. The van der Waals surface area contributed by atoms with Crippen LogP contribution in [-0.4, -0.2) is 33.6 Å². The number of nitrogens with zero attached hydrogens (tertiary/aromatic N) is 3. The summed E-state index contributed by atoms with van der Waals surface area (Å²) in [5.74, 6) is -0.478. The molecule has 36 heavy (non-hydrogen) atoms. The first-order valence-electron chi connectivity index (χ1n) is 12.0. The van der Waals surface area contributed by atoms with E-state index in [4.69, 9.17) is 5.21 Å². The van der Waals surface area contributed by atoms with Crippen LogP contribution in [0.3, 0.4) is 0 Å². The van der Waals surface area contributed by atoms with E-state index < -0.39 is 11.6 Å². The number of aryl methyl sites for hydroxylation is 1. The maximum Gasteiger partial charge on any atom is 0.332 e. The molecule has 0 saturated carbocycles. The molecule has 0 bridgehead atoms. The number of carbonyl (C=O) groups is 2. The van der Waals surface area contributed by atoms with Crippen LogP contribution >= 0.6 is 0 Å². The molecule has 0 spiro atoms. The van der Waals surface area contributed by atoms with Crippen LogP contribution in [0.2, 0.25) is 0 Å². The van der Waals surface area contributed by atoms with Crippen molar-refractivity contribution in [3.8, 4) is 0 Å². The van der Waals surface area contributed by atoms with E-state index in [1.807, 2.05) is 18.2 Å². The Morgan fingerprint density at radius 1 is 1.06 bits per heavy atom. The molecule has 2 N–H and O–H groups in total. The number of rotatable bonds is 4. The summed E-state index contributed by atoms with van der Waals surface area (Å²) < 4.78 is 0. The number of imide groups is 1. The van der Waals surface area contributed by atoms with Gasteiger partial charge in [-0.2, -0.15) is 0 Å². The Morgan fingerprint density at radius 2 is 1.75 bits per heavy atom. The van der Waals surface area contributed by atoms with Crippen LogP contribution in [0.4, 0.5) is 16.2 Å². The molecule has 2 aliphatic heterocycles. The van der Waals surface area contributed by atoms with E-state index in [9.17, 15) is 14.8 Å². The SMILES string of the molecule is CCc1ccc(C2CN3C(=O)N(c4ccc(N([O-])O)cc4)C(=O)C3(C)c3[nH]c4ccccc4c32)cc1. The molecule has 3 amide bonds. The van der Waals surface area contributed by atoms with Crippen molar-refractivity contribution in [1.82, 2.24) is 9.88 Å². The summed E-state index contributed by atoms with van der Waals surface area (Å²) in [6.07, 6.45) is 0.939. The maximum atomic E-state index is 14.0. The number of para-hydroxylation sites is 1. The van der Waals surface area contributed by atoms with Gasteiger partial charge in [0.05, 0.1) is 17.1 Å². The van der Waals surface area contributed by atoms with Crippen LogP contribution < -0.4 is 10.1 Å². The summed E-state index contributed by atoms with van der Waals surface area (Å²) in [6.45, 7) is 4.25. The van der Waals surface area contributed by atoms with E-state index in [1.165, 1.54) is 29.8 Å². The molecule has 8 nitrogen and oxygen atoms in total. The fourth-order valence-electron chi connectivity index (χ4n) is 5.63. The number of aromatic nitrogens is 1. The lowest BCUT2D eigenvalue weighted by atomic mass is 9.78. The first kappa shape index (κ1) is 22.3. The van der Waals surface area contributed by atoms with Gasteiger partial charge in [0.2, 0.25) is 0 Å². The lowest BCUT2D eigenvalue weighted by Crippen LogP contribution is -2.50. The summed E-state index contributed by atoms with van der Waals surface area (Å²) in [5, 5.41) is 21.2. The van der Waals surface area contributed by atoms with Crippen LogP contribution in [0, 0.1) is 5.21 Å². The van der Waals surface area contributed by atoms with Crippen LogP contribution in [0.1, 0.15) is 42.1 Å². The predicted octanol–water partition coefficient (Wildman–Crippen LogP) is 5.25. The van der Waals surface area contributed by atoms with Crippen molar-refractivity contribution in [1.29, 1.82) is 0 Å². The van der Waals surface area contributed by atoms with Gasteiger partial charge >= 0.3 is 6.03 Å². The first-order valence-corrected chi connectivity index (χ1v) is 12.0. The van der Waals surface area contributed by atoms with E-state index in [0.29, 0.717) is 12.2 Å². The van der Waals surface area contributed by atoms with Crippen molar-refractivity contribution >= 4 is 34.2 Å². The van der Waals surface area contributed by atoms with Crippen molar-refractivity contribution < 1.29 is 14.8 Å². The van der Waals surface area contributed by atoms with Gasteiger partial charge in [0.25, 0.3) is 5.91 Å². The third-order valence-electron chi connectivity index (χ3n) is 7.65.